The van der Waals surface area contributed by atoms with Crippen LogP contribution in [0.25, 0.3) is 0 Å². The van der Waals surface area contributed by atoms with Crippen LogP contribution in [0.1, 0.15) is 0 Å². The standard InChI is InChI=1S/C20H20FNO3/c1-22-13-5-4-8-20(22)24-15-14-23-16-9-11-17(12-10-16)25-19-7-3-2-6-18(19)21/h2-12H,13-15H2,1H3. The van der Waals surface area contributed by atoms with E-state index in [9.17, 15) is 4.39 Å². The molecule has 0 unspecified atom stereocenters. The molecule has 0 saturated carbocycles. The molecular formula is C20H20FNO3. The van der Waals surface area contributed by atoms with Crippen LogP contribution in [0.15, 0.2) is 72.6 Å². The van der Waals surface area contributed by atoms with Gasteiger partial charge in [0.05, 0.1) is 0 Å². The van der Waals surface area contributed by atoms with Crippen LogP contribution in [0.4, 0.5) is 4.39 Å². The van der Waals surface area contributed by atoms with E-state index >= 15 is 0 Å². The molecule has 4 nitrogen and oxygen atoms in total. The molecule has 0 fully saturated rings. The molecule has 1 aliphatic rings. The molecule has 3 rings (SSSR count). The van der Waals surface area contributed by atoms with E-state index in [0.29, 0.717) is 24.7 Å². The van der Waals surface area contributed by atoms with E-state index in [1.165, 1.54) is 6.07 Å². The van der Waals surface area contributed by atoms with E-state index in [0.717, 1.165) is 12.4 Å². The molecule has 25 heavy (non-hydrogen) atoms. The molecule has 0 spiro atoms. The predicted molar refractivity (Wildman–Crippen MR) is 94.2 cm³/mol. The summed E-state index contributed by atoms with van der Waals surface area (Å²) in [5, 5.41) is 0. The first-order valence-corrected chi connectivity index (χ1v) is 8.08. The zero-order valence-electron chi connectivity index (χ0n) is 14.0. The molecular weight excluding hydrogens is 321 g/mol. The van der Waals surface area contributed by atoms with E-state index in [4.69, 9.17) is 14.2 Å². The number of benzene rings is 2. The van der Waals surface area contributed by atoms with E-state index in [1.807, 2.05) is 24.1 Å². The van der Waals surface area contributed by atoms with Crippen LogP contribution < -0.4 is 9.47 Å². The van der Waals surface area contributed by atoms with Crippen molar-refractivity contribution in [3.8, 4) is 17.2 Å². The van der Waals surface area contributed by atoms with Crippen molar-refractivity contribution < 1.29 is 18.6 Å². The Morgan fingerprint density at radius 2 is 1.68 bits per heavy atom. The summed E-state index contributed by atoms with van der Waals surface area (Å²) in [5.41, 5.74) is 0. The lowest BCUT2D eigenvalue weighted by Gasteiger charge is -2.23. The maximum atomic E-state index is 13.6. The van der Waals surface area contributed by atoms with Gasteiger partial charge in [-0.25, -0.2) is 4.39 Å². The van der Waals surface area contributed by atoms with Crippen molar-refractivity contribution in [2.75, 3.05) is 26.8 Å². The number of halogens is 1. The number of rotatable bonds is 7. The van der Waals surface area contributed by atoms with E-state index in [2.05, 4.69) is 6.08 Å². The van der Waals surface area contributed by atoms with E-state index in [-0.39, 0.29) is 5.75 Å². The Morgan fingerprint density at radius 1 is 0.960 bits per heavy atom. The maximum absolute atomic E-state index is 13.6. The number of likely N-dealkylation sites (N-methyl/N-ethyl adjacent to an activating group) is 1. The van der Waals surface area contributed by atoms with Crippen molar-refractivity contribution in [1.82, 2.24) is 4.90 Å². The molecule has 130 valence electrons. The fraction of sp³-hybridized carbons (Fsp3) is 0.200. The monoisotopic (exact) mass is 341 g/mol. The summed E-state index contributed by atoms with van der Waals surface area (Å²) in [7, 11) is 1.98. The molecule has 0 N–H and O–H groups in total. The summed E-state index contributed by atoms with van der Waals surface area (Å²) >= 11 is 0. The largest absolute Gasteiger partial charge is 0.490 e. The lowest BCUT2D eigenvalue weighted by Crippen LogP contribution is -2.23. The highest BCUT2D eigenvalue weighted by molar-refractivity contribution is 5.35. The van der Waals surface area contributed by atoms with Gasteiger partial charge in [-0.3, -0.25) is 0 Å². The van der Waals surface area contributed by atoms with Crippen LogP contribution in [0, 0.1) is 5.82 Å². The average molecular weight is 341 g/mol. The molecule has 0 amide bonds. The molecule has 0 saturated heterocycles. The summed E-state index contributed by atoms with van der Waals surface area (Å²) in [6, 6.07) is 13.3. The molecule has 0 aromatic heterocycles. The fourth-order valence-electron chi connectivity index (χ4n) is 2.31. The van der Waals surface area contributed by atoms with Crippen molar-refractivity contribution in [3.63, 3.8) is 0 Å². The average Bonchev–Trinajstić information content (AvgIpc) is 2.63. The molecule has 2 aromatic rings. The van der Waals surface area contributed by atoms with Crippen molar-refractivity contribution in [3.05, 3.63) is 78.5 Å². The third-order valence-electron chi connectivity index (χ3n) is 3.62. The molecule has 0 aliphatic carbocycles. The fourth-order valence-corrected chi connectivity index (χ4v) is 2.31. The van der Waals surface area contributed by atoms with Gasteiger partial charge in [-0.2, -0.15) is 0 Å². The number of nitrogens with zero attached hydrogens (tertiary/aromatic N) is 1. The molecule has 2 aromatic carbocycles. The van der Waals surface area contributed by atoms with E-state index < -0.39 is 5.82 Å². The van der Waals surface area contributed by atoms with Gasteiger partial charge in [0.1, 0.15) is 24.7 Å². The first kappa shape index (κ1) is 16.9. The Labute approximate surface area is 146 Å². The van der Waals surface area contributed by atoms with Crippen molar-refractivity contribution >= 4 is 0 Å². The van der Waals surface area contributed by atoms with Crippen LogP contribution in [0.3, 0.4) is 0 Å². The minimum atomic E-state index is -0.392. The van der Waals surface area contributed by atoms with Gasteiger partial charge in [-0.05, 0) is 42.5 Å². The summed E-state index contributed by atoms with van der Waals surface area (Å²) in [6.07, 6.45) is 5.97. The van der Waals surface area contributed by atoms with Crippen LogP contribution in [0.5, 0.6) is 17.2 Å². The Hall–Kier alpha value is -2.95. The van der Waals surface area contributed by atoms with Crippen molar-refractivity contribution in [2.45, 2.75) is 0 Å². The van der Waals surface area contributed by atoms with Crippen molar-refractivity contribution in [1.29, 1.82) is 0 Å². The minimum absolute atomic E-state index is 0.198. The van der Waals surface area contributed by atoms with Gasteiger partial charge in [0, 0.05) is 13.6 Å². The molecule has 1 aliphatic heterocycles. The predicted octanol–water partition coefficient (Wildman–Crippen LogP) is 4.36. The SMILES string of the molecule is CN1CC=CC=C1OCCOc1ccc(Oc2ccccc2F)cc1. The Kier molecular flexibility index (Phi) is 5.57. The first-order valence-electron chi connectivity index (χ1n) is 8.08. The summed E-state index contributed by atoms with van der Waals surface area (Å²) in [6.45, 7) is 1.73. The summed E-state index contributed by atoms with van der Waals surface area (Å²) < 4.78 is 30.4. The third-order valence-corrected chi connectivity index (χ3v) is 3.62. The van der Waals surface area contributed by atoms with Crippen LogP contribution >= 0.6 is 0 Å². The molecule has 1 heterocycles. The number of ether oxygens (including phenoxy) is 3. The zero-order chi connectivity index (χ0) is 17.5. The topological polar surface area (TPSA) is 30.9 Å². The third kappa shape index (κ3) is 4.76. The second kappa shape index (κ2) is 8.24. The van der Waals surface area contributed by atoms with Gasteiger partial charge in [0.2, 0.25) is 0 Å². The molecule has 0 atom stereocenters. The van der Waals surface area contributed by atoms with Crippen LogP contribution in [-0.4, -0.2) is 31.7 Å². The van der Waals surface area contributed by atoms with Crippen molar-refractivity contribution in [2.24, 2.45) is 0 Å². The molecule has 0 radical (unpaired) electrons. The van der Waals surface area contributed by atoms with Crippen LogP contribution in [-0.2, 0) is 4.74 Å². The number of hydrogen-bond acceptors (Lipinski definition) is 4. The summed E-state index contributed by atoms with van der Waals surface area (Å²) in [4.78, 5) is 2.02. The van der Waals surface area contributed by atoms with Gasteiger partial charge in [0.25, 0.3) is 0 Å². The Bertz CT molecular complexity index is 756. The number of hydrogen-bond donors (Lipinski definition) is 0. The lowest BCUT2D eigenvalue weighted by atomic mass is 10.3. The Balaban J connectivity index is 1.46. The maximum Gasteiger partial charge on any atom is 0.189 e. The van der Waals surface area contributed by atoms with Gasteiger partial charge < -0.3 is 19.1 Å². The van der Waals surface area contributed by atoms with Crippen LogP contribution in [0.2, 0.25) is 0 Å². The Morgan fingerprint density at radius 3 is 2.44 bits per heavy atom. The van der Waals surface area contributed by atoms with Gasteiger partial charge >= 0.3 is 0 Å². The molecule has 5 heteroatoms. The number of allylic oxidation sites excluding steroid dienone is 2. The highest BCUT2D eigenvalue weighted by Crippen LogP contribution is 2.25. The normalized spacial score (nSPS) is 13.4. The van der Waals surface area contributed by atoms with E-state index in [1.54, 1.807) is 42.5 Å². The summed E-state index contributed by atoms with van der Waals surface area (Å²) in [5.74, 6) is 1.89. The highest BCUT2D eigenvalue weighted by atomic mass is 19.1. The lowest BCUT2D eigenvalue weighted by molar-refractivity contribution is 0.103. The highest BCUT2D eigenvalue weighted by Gasteiger charge is 2.07. The van der Waals surface area contributed by atoms with Gasteiger partial charge in [-0.1, -0.05) is 24.3 Å². The first-order chi connectivity index (χ1) is 12.2. The number of para-hydroxylation sites is 1. The minimum Gasteiger partial charge on any atom is -0.490 e. The molecule has 0 bridgehead atoms. The van der Waals surface area contributed by atoms with Gasteiger partial charge in [-0.15, -0.1) is 0 Å². The second-order valence-electron chi connectivity index (χ2n) is 5.51. The smallest absolute Gasteiger partial charge is 0.189 e. The van der Waals surface area contributed by atoms with Gasteiger partial charge in [0.15, 0.2) is 17.4 Å². The zero-order valence-corrected chi connectivity index (χ0v) is 14.0. The second-order valence-corrected chi connectivity index (χ2v) is 5.51. The quantitative estimate of drug-likeness (QED) is 0.700.